The van der Waals surface area contributed by atoms with Crippen molar-refractivity contribution >= 4 is 0 Å². The van der Waals surface area contributed by atoms with Gasteiger partial charge in [-0.05, 0) is 6.07 Å². The number of benzene rings is 1. The van der Waals surface area contributed by atoms with Crippen molar-refractivity contribution in [2.45, 2.75) is 18.8 Å². The number of halogens is 3. The van der Waals surface area contributed by atoms with Crippen LogP contribution in [0.3, 0.4) is 0 Å². The first-order chi connectivity index (χ1) is 8.40. The van der Waals surface area contributed by atoms with Crippen LogP contribution in [0.25, 0.3) is 0 Å². The third-order valence-corrected chi connectivity index (χ3v) is 2.26. The number of hydrogen-bond acceptors (Lipinski definition) is 4. The average Bonchev–Trinajstić information content (AvgIpc) is 2.34. The highest BCUT2D eigenvalue weighted by molar-refractivity contribution is 5.46. The van der Waals surface area contributed by atoms with E-state index >= 15 is 0 Å². The van der Waals surface area contributed by atoms with Crippen molar-refractivity contribution in [3.63, 3.8) is 0 Å². The first-order valence-corrected chi connectivity index (χ1v) is 5.13. The average molecular weight is 265 g/mol. The summed E-state index contributed by atoms with van der Waals surface area (Å²) >= 11 is 0. The molecule has 4 nitrogen and oxygen atoms in total. The van der Waals surface area contributed by atoms with Gasteiger partial charge in [0.1, 0.15) is 6.61 Å². The molecule has 102 valence electrons. The molecule has 1 unspecified atom stereocenters. The smallest absolute Gasteiger partial charge is 0.417 e. The standard InChI is InChI=1S/C11H14F3NO3/c1-17-8-4-2-3-7(5-15)10(8)18-6-9(16)11(12,13)14/h2-4,9,16H,5-6,15H2,1H3. The van der Waals surface area contributed by atoms with E-state index in [0.29, 0.717) is 5.56 Å². The maximum atomic E-state index is 12.1. The Hall–Kier alpha value is -1.47. The molecule has 3 N–H and O–H groups in total. The second-order valence-corrected chi connectivity index (χ2v) is 3.52. The molecule has 0 saturated carbocycles. The lowest BCUT2D eigenvalue weighted by molar-refractivity contribution is -0.210. The Labute approximate surface area is 102 Å². The number of methoxy groups -OCH3 is 1. The van der Waals surface area contributed by atoms with Gasteiger partial charge in [0.15, 0.2) is 17.6 Å². The Morgan fingerprint density at radius 2 is 2.06 bits per heavy atom. The Bertz CT molecular complexity index is 373. The van der Waals surface area contributed by atoms with Crippen LogP contribution >= 0.6 is 0 Å². The van der Waals surface area contributed by atoms with Gasteiger partial charge in [-0.2, -0.15) is 13.2 Å². The zero-order valence-electron chi connectivity index (χ0n) is 9.70. The first-order valence-electron chi connectivity index (χ1n) is 5.13. The van der Waals surface area contributed by atoms with Gasteiger partial charge in [-0.1, -0.05) is 12.1 Å². The van der Waals surface area contributed by atoms with Crippen molar-refractivity contribution in [2.24, 2.45) is 5.73 Å². The van der Waals surface area contributed by atoms with E-state index in [4.69, 9.17) is 20.3 Å². The largest absolute Gasteiger partial charge is 0.493 e. The highest BCUT2D eigenvalue weighted by Gasteiger charge is 2.39. The molecule has 0 amide bonds. The maximum Gasteiger partial charge on any atom is 0.417 e. The third kappa shape index (κ3) is 3.51. The second-order valence-electron chi connectivity index (χ2n) is 3.52. The minimum Gasteiger partial charge on any atom is -0.493 e. The topological polar surface area (TPSA) is 64.7 Å². The van der Waals surface area contributed by atoms with Crippen LogP contribution in [0.4, 0.5) is 13.2 Å². The highest BCUT2D eigenvalue weighted by atomic mass is 19.4. The molecule has 1 rings (SSSR count). The number of ether oxygens (including phenoxy) is 2. The van der Waals surface area contributed by atoms with Crippen LogP contribution in [0.5, 0.6) is 11.5 Å². The maximum absolute atomic E-state index is 12.1. The highest BCUT2D eigenvalue weighted by Crippen LogP contribution is 2.31. The number of aliphatic hydroxyl groups excluding tert-OH is 1. The minimum atomic E-state index is -4.72. The molecule has 7 heteroatoms. The number of rotatable bonds is 5. The van der Waals surface area contributed by atoms with Crippen LogP contribution in [0.1, 0.15) is 5.56 Å². The number of para-hydroxylation sites is 1. The van der Waals surface area contributed by atoms with E-state index < -0.39 is 18.9 Å². The summed E-state index contributed by atoms with van der Waals surface area (Å²) in [5, 5.41) is 8.85. The normalized spacial score (nSPS) is 13.2. The van der Waals surface area contributed by atoms with Crippen molar-refractivity contribution in [1.82, 2.24) is 0 Å². The van der Waals surface area contributed by atoms with Crippen LogP contribution in [0.2, 0.25) is 0 Å². The fourth-order valence-corrected chi connectivity index (χ4v) is 1.30. The Balaban J connectivity index is 2.83. The fraction of sp³-hybridized carbons (Fsp3) is 0.455. The molecule has 0 aliphatic heterocycles. The molecule has 18 heavy (non-hydrogen) atoms. The summed E-state index contributed by atoms with van der Waals surface area (Å²) < 4.78 is 46.3. The molecule has 0 aliphatic carbocycles. The molecule has 0 aliphatic rings. The number of aliphatic hydroxyl groups is 1. The minimum absolute atomic E-state index is 0.0919. The monoisotopic (exact) mass is 265 g/mol. The van der Waals surface area contributed by atoms with Crippen molar-refractivity contribution in [2.75, 3.05) is 13.7 Å². The molecule has 1 aromatic carbocycles. The van der Waals surface area contributed by atoms with Crippen molar-refractivity contribution in [3.8, 4) is 11.5 Å². The third-order valence-electron chi connectivity index (χ3n) is 2.26. The molecular weight excluding hydrogens is 251 g/mol. The molecular formula is C11H14F3NO3. The zero-order chi connectivity index (χ0) is 13.8. The molecule has 0 fully saturated rings. The van der Waals surface area contributed by atoms with E-state index in [0.717, 1.165) is 0 Å². The lowest BCUT2D eigenvalue weighted by Crippen LogP contribution is -2.34. The number of hydrogen-bond donors (Lipinski definition) is 2. The van der Waals surface area contributed by atoms with Gasteiger partial charge in [0.25, 0.3) is 0 Å². The summed E-state index contributed by atoms with van der Waals surface area (Å²) in [4.78, 5) is 0. The molecule has 0 spiro atoms. The molecule has 1 aromatic rings. The molecule has 0 saturated heterocycles. The van der Waals surface area contributed by atoms with E-state index in [1.165, 1.54) is 13.2 Å². The van der Waals surface area contributed by atoms with Gasteiger partial charge in [-0.25, -0.2) is 0 Å². The van der Waals surface area contributed by atoms with Gasteiger partial charge in [-0.3, -0.25) is 0 Å². The van der Waals surface area contributed by atoms with Crippen LogP contribution in [-0.4, -0.2) is 31.1 Å². The van der Waals surface area contributed by atoms with Gasteiger partial charge in [0.05, 0.1) is 7.11 Å². The Kier molecular flexibility index (Phi) is 4.80. The van der Waals surface area contributed by atoms with E-state index in [9.17, 15) is 13.2 Å². The van der Waals surface area contributed by atoms with Gasteiger partial charge >= 0.3 is 6.18 Å². The van der Waals surface area contributed by atoms with Crippen LogP contribution in [0.15, 0.2) is 18.2 Å². The first kappa shape index (κ1) is 14.6. The van der Waals surface area contributed by atoms with Crippen LogP contribution in [0, 0.1) is 0 Å². The quantitative estimate of drug-likeness (QED) is 0.846. The summed E-state index contributed by atoms with van der Waals surface area (Å²) in [7, 11) is 1.36. The van der Waals surface area contributed by atoms with E-state index in [1.54, 1.807) is 12.1 Å². The van der Waals surface area contributed by atoms with E-state index in [-0.39, 0.29) is 18.0 Å². The molecule has 0 aromatic heterocycles. The fourth-order valence-electron chi connectivity index (χ4n) is 1.30. The van der Waals surface area contributed by atoms with Crippen molar-refractivity contribution in [1.29, 1.82) is 0 Å². The summed E-state index contributed by atoms with van der Waals surface area (Å²) in [6.45, 7) is -0.814. The van der Waals surface area contributed by atoms with E-state index in [1.807, 2.05) is 0 Å². The zero-order valence-corrected chi connectivity index (χ0v) is 9.70. The van der Waals surface area contributed by atoms with Gasteiger partial charge in [0.2, 0.25) is 0 Å². The molecule has 0 radical (unpaired) electrons. The lowest BCUT2D eigenvalue weighted by Gasteiger charge is -2.18. The van der Waals surface area contributed by atoms with Gasteiger partial charge in [0, 0.05) is 12.1 Å². The summed E-state index contributed by atoms with van der Waals surface area (Å²) in [6.07, 6.45) is -7.27. The van der Waals surface area contributed by atoms with Gasteiger partial charge in [-0.15, -0.1) is 0 Å². The van der Waals surface area contributed by atoms with Crippen LogP contribution < -0.4 is 15.2 Å². The van der Waals surface area contributed by atoms with E-state index in [2.05, 4.69) is 0 Å². The Morgan fingerprint density at radius 3 is 2.56 bits per heavy atom. The SMILES string of the molecule is COc1cccc(CN)c1OCC(O)C(F)(F)F. The predicted molar refractivity (Wildman–Crippen MR) is 58.4 cm³/mol. The van der Waals surface area contributed by atoms with Gasteiger partial charge < -0.3 is 20.3 Å². The molecule has 0 heterocycles. The summed E-state index contributed by atoms with van der Waals surface area (Å²) in [5.41, 5.74) is 5.95. The predicted octanol–water partition coefficient (Wildman–Crippen LogP) is 1.46. The molecule has 1 atom stereocenters. The molecule has 0 bridgehead atoms. The van der Waals surface area contributed by atoms with Crippen LogP contribution in [-0.2, 0) is 6.54 Å². The second kappa shape index (κ2) is 5.92. The van der Waals surface area contributed by atoms with Crippen molar-refractivity contribution < 1.29 is 27.8 Å². The lowest BCUT2D eigenvalue weighted by atomic mass is 10.2. The summed E-state index contributed by atoms with van der Waals surface area (Å²) in [6, 6.07) is 4.79. The Morgan fingerprint density at radius 1 is 1.39 bits per heavy atom. The number of nitrogens with two attached hydrogens (primary N) is 1. The summed E-state index contributed by atoms with van der Waals surface area (Å²) in [5.74, 6) is 0.387. The number of alkyl halides is 3. The van der Waals surface area contributed by atoms with Crippen molar-refractivity contribution in [3.05, 3.63) is 23.8 Å².